The van der Waals surface area contributed by atoms with E-state index < -0.39 is 11.8 Å². The molecule has 6 N–H and O–H groups in total. The molecule has 2 aromatic rings. The summed E-state index contributed by atoms with van der Waals surface area (Å²) in [6, 6.07) is 4.04. The molecular weight excluding hydrogens is 311 g/mol. The van der Waals surface area contributed by atoms with Crippen LogP contribution in [-0.4, -0.2) is 18.1 Å². The Bertz CT molecular complexity index is 752. The maximum absolute atomic E-state index is 13.7. The zero-order valence-electron chi connectivity index (χ0n) is 11.7. The molecule has 22 heavy (non-hydrogen) atoms. The fourth-order valence-corrected chi connectivity index (χ4v) is 2.10. The molecule has 2 rings (SSSR count). The Hall–Kier alpha value is -2.38. The molecule has 0 bridgehead atoms. The highest BCUT2D eigenvalue weighted by molar-refractivity contribution is 6.35. The Morgan fingerprint density at radius 1 is 1.32 bits per heavy atom. The number of benzene rings is 1. The van der Waals surface area contributed by atoms with Crippen molar-refractivity contribution in [1.82, 2.24) is 4.98 Å². The lowest BCUT2D eigenvalue weighted by atomic mass is 10.0. The van der Waals surface area contributed by atoms with Crippen molar-refractivity contribution >= 4 is 28.9 Å². The van der Waals surface area contributed by atoms with Crippen LogP contribution in [0.25, 0.3) is 11.3 Å². The summed E-state index contributed by atoms with van der Waals surface area (Å²) < 4.78 is 18.3. The molecule has 0 radical (unpaired) electrons. The van der Waals surface area contributed by atoms with Crippen LogP contribution in [0.4, 0.5) is 15.8 Å². The van der Waals surface area contributed by atoms with Gasteiger partial charge in [0.2, 0.25) is 0 Å². The smallest absolute Gasteiger partial charge is 0.358 e. The van der Waals surface area contributed by atoms with Crippen LogP contribution in [0.2, 0.25) is 5.02 Å². The molecule has 0 saturated heterocycles. The maximum atomic E-state index is 13.7. The van der Waals surface area contributed by atoms with E-state index in [0.29, 0.717) is 5.56 Å². The predicted octanol–water partition coefficient (Wildman–Crippen LogP) is 1.95. The van der Waals surface area contributed by atoms with Crippen molar-refractivity contribution in [3.8, 4) is 11.3 Å². The Morgan fingerprint density at radius 2 is 2.00 bits per heavy atom. The van der Waals surface area contributed by atoms with Gasteiger partial charge in [0.15, 0.2) is 5.69 Å². The second-order valence-electron chi connectivity index (χ2n) is 4.49. The van der Waals surface area contributed by atoms with Gasteiger partial charge in [0.25, 0.3) is 0 Å². The molecule has 0 amide bonds. The zero-order chi connectivity index (χ0) is 16.4. The van der Waals surface area contributed by atoms with Gasteiger partial charge in [0, 0.05) is 23.4 Å². The molecule has 1 aromatic carbocycles. The van der Waals surface area contributed by atoms with Crippen LogP contribution in [0.3, 0.4) is 0 Å². The number of esters is 1. The number of nitrogen functional groups attached to an aromatic ring is 2. The van der Waals surface area contributed by atoms with Crippen molar-refractivity contribution in [2.75, 3.05) is 18.6 Å². The van der Waals surface area contributed by atoms with Gasteiger partial charge in [-0.15, -0.1) is 0 Å². The van der Waals surface area contributed by atoms with Crippen molar-refractivity contribution in [2.45, 2.75) is 6.54 Å². The van der Waals surface area contributed by atoms with E-state index in [1.165, 1.54) is 19.2 Å². The van der Waals surface area contributed by atoms with Crippen LogP contribution in [0.5, 0.6) is 0 Å². The first-order valence-electron chi connectivity index (χ1n) is 6.21. The van der Waals surface area contributed by atoms with Gasteiger partial charge in [-0.3, -0.25) is 0 Å². The number of rotatable bonds is 3. The number of carbonyl (C=O) groups is 1. The van der Waals surface area contributed by atoms with E-state index >= 15 is 0 Å². The second-order valence-corrected chi connectivity index (χ2v) is 4.86. The van der Waals surface area contributed by atoms with Crippen molar-refractivity contribution in [3.05, 3.63) is 40.3 Å². The molecule has 0 saturated carbocycles. The number of aromatic nitrogens is 1. The molecule has 8 heteroatoms. The van der Waals surface area contributed by atoms with E-state index in [1.807, 2.05) is 0 Å². The number of hydrogen-bond donors (Lipinski definition) is 3. The van der Waals surface area contributed by atoms with Gasteiger partial charge in [-0.2, -0.15) is 0 Å². The fraction of sp³-hybridized carbons (Fsp3) is 0.143. The molecule has 0 aliphatic carbocycles. The van der Waals surface area contributed by atoms with Crippen molar-refractivity contribution in [3.63, 3.8) is 0 Å². The molecule has 1 heterocycles. The predicted molar refractivity (Wildman–Crippen MR) is 82.7 cm³/mol. The number of anilines is 2. The van der Waals surface area contributed by atoms with Gasteiger partial charge in [-0.05, 0) is 18.2 Å². The summed E-state index contributed by atoms with van der Waals surface area (Å²) >= 11 is 5.95. The van der Waals surface area contributed by atoms with Gasteiger partial charge in [0.1, 0.15) is 5.82 Å². The lowest BCUT2D eigenvalue weighted by Gasteiger charge is -2.12. The van der Waals surface area contributed by atoms with Crippen LogP contribution in [0, 0.1) is 5.82 Å². The number of halogens is 2. The van der Waals surface area contributed by atoms with Crippen molar-refractivity contribution in [2.24, 2.45) is 5.73 Å². The highest BCUT2D eigenvalue weighted by Crippen LogP contribution is 2.32. The van der Waals surface area contributed by atoms with Crippen LogP contribution in [-0.2, 0) is 11.3 Å². The lowest BCUT2D eigenvalue weighted by Crippen LogP contribution is -2.09. The first kappa shape index (κ1) is 16.0. The molecule has 0 aliphatic rings. The monoisotopic (exact) mass is 324 g/mol. The Balaban J connectivity index is 2.68. The number of methoxy groups -OCH3 is 1. The first-order valence-corrected chi connectivity index (χ1v) is 6.59. The summed E-state index contributed by atoms with van der Waals surface area (Å²) in [6.45, 7) is -0.00789. The largest absolute Gasteiger partial charge is 0.464 e. The molecule has 6 nitrogen and oxygen atoms in total. The molecule has 0 fully saturated rings. The summed E-state index contributed by atoms with van der Waals surface area (Å²) in [4.78, 5) is 15.8. The maximum Gasteiger partial charge on any atom is 0.358 e. The molecule has 0 atom stereocenters. The minimum atomic E-state index is -0.738. The van der Waals surface area contributed by atoms with Gasteiger partial charge >= 0.3 is 5.97 Å². The Morgan fingerprint density at radius 3 is 2.59 bits per heavy atom. The third kappa shape index (κ3) is 2.81. The lowest BCUT2D eigenvalue weighted by molar-refractivity contribution is 0.0594. The third-order valence-corrected chi connectivity index (χ3v) is 3.48. The zero-order valence-corrected chi connectivity index (χ0v) is 12.4. The van der Waals surface area contributed by atoms with Crippen LogP contribution < -0.4 is 17.2 Å². The quantitative estimate of drug-likeness (QED) is 0.586. The molecule has 0 spiro atoms. The van der Waals surface area contributed by atoms with E-state index in [4.69, 9.17) is 28.8 Å². The minimum absolute atomic E-state index is 0.00789. The van der Waals surface area contributed by atoms with Crippen LogP contribution in [0.15, 0.2) is 18.2 Å². The second kappa shape index (κ2) is 6.17. The van der Waals surface area contributed by atoms with Crippen molar-refractivity contribution < 1.29 is 13.9 Å². The van der Waals surface area contributed by atoms with Gasteiger partial charge in [-0.25, -0.2) is 14.2 Å². The summed E-state index contributed by atoms with van der Waals surface area (Å²) in [5, 5.41) is -0.0182. The minimum Gasteiger partial charge on any atom is -0.464 e. The summed E-state index contributed by atoms with van der Waals surface area (Å²) in [5.41, 5.74) is 18.1. The van der Waals surface area contributed by atoms with Gasteiger partial charge in [-0.1, -0.05) is 11.6 Å². The average molecular weight is 325 g/mol. The number of hydrogen-bond acceptors (Lipinski definition) is 6. The molecule has 0 unspecified atom stereocenters. The third-order valence-electron chi connectivity index (χ3n) is 3.08. The highest BCUT2D eigenvalue weighted by atomic mass is 35.5. The topological polar surface area (TPSA) is 117 Å². The van der Waals surface area contributed by atoms with E-state index in [2.05, 4.69) is 9.72 Å². The number of carbonyl (C=O) groups excluding carboxylic acids is 1. The average Bonchev–Trinajstić information content (AvgIpc) is 2.49. The van der Waals surface area contributed by atoms with E-state index in [-0.39, 0.29) is 39.9 Å². The van der Waals surface area contributed by atoms with Gasteiger partial charge in [0.05, 0.1) is 23.5 Å². The number of ether oxygens (including phenoxy) is 1. The molecule has 116 valence electrons. The Labute approximate surface area is 131 Å². The molecule has 0 aliphatic heterocycles. The van der Waals surface area contributed by atoms with E-state index in [9.17, 15) is 9.18 Å². The Kier molecular flexibility index (Phi) is 4.48. The number of nitrogens with zero attached hydrogens (tertiary/aromatic N) is 1. The standard InChI is InChI=1S/C14H14ClFN4O2/c1-22-14(21)13-12(15)10(19)4-11(20-13)7-2-6(5-17)8(16)3-9(7)18/h2-4H,5,17-18H2,1H3,(H2,19,20). The summed E-state index contributed by atoms with van der Waals surface area (Å²) in [7, 11) is 1.20. The van der Waals surface area contributed by atoms with Crippen LogP contribution >= 0.6 is 11.6 Å². The summed E-state index contributed by atoms with van der Waals surface area (Å²) in [6.07, 6.45) is 0. The summed E-state index contributed by atoms with van der Waals surface area (Å²) in [5.74, 6) is -1.25. The number of pyridine rings is 1. The molecular formula is C14H14ClFN4O2. The highest BCUT2D eigenvalue weighted by Gasteiger charge is 2.19. The number of nitrogens with two attached hydrogens (primary N) is 3. The fourth-order valence-electron chi connectivity index (χ4n) is 1.93. The molecule has 1 aromatic heterocycles. The SMILES string of the molecule is COC(=O)c1nc(-c2cc(CN)c(F)cc2N)cc(N)c1Cl. The van der Waals surface area contributed by atoms with Crippen molar-refractivity contribution in [1.29, 1.82) is 0 Å². The van der Waals surface area contributed by atoms with E-state index in [0.717, 1.165) is 6.07 Å². The normalized spacial score (nSPS) is 10.5. The van der Waals surface area contributed by atoms with E-state index in [1.54, 1.807) is 0 Å². The van der Waals surface area contributed by atoms with Crippen LogP contribution in [0.1, 0.15) is 16.1 Å². The first-order chi connectivity index (χ1) is 10.4. The van der Waals surface area contributed by atoms with Gasteiger partial charge < -0.3 is 21.9 Å².